The highest BCUT2D eigenvalue weighted by Crippen LogP contribution is 2.32. The maximum absolute atomic E-state index is 12.4. The second-order valence-corrected chi connectivity index (χ2v) is 9.56. The van der Waals surface area contributed by atoms with Gasteiger partial charge in [-0.1, -0.05) is 6.92 Å². The summed E-state index contributed by atoms with van der Waals surface area (Å²) in [5.41, 5.74) is 10.4. The van der Waals surface area contributed by atoms with Crippen LogP contribution in [0.2, 0.25) is 0 Å². The van der Waals surface area contributed by atoms with E-state index < -0.39 is 0 Å². The molecular formula is C27H43N9O2. The summed E-state index contributed by atoms with van der Waals surface area (Å²) in [6.07, 6.45) is 2.89. The quantitative estimate of drug-likeness (QED) is 0.339. The molecule has 0 aliphatic carbocycles. The molecule has 1 amide bonds. The average molecular weight is 526 g/mol. The molecule has 1 aliphatic heterocycles. The van der Waals surface area contributed by atoms with Crippen LogP contribution in [0.15, 0.2) is 28.2 Å². The van der Waals surface area contributed by atoms with Crippen molar-refractivity contribution in [2.24, 2.45) is 15.7 Å². The summed E-state index contributed by atoms with van der Waals surface area (Å²) < 4.78 is 7.49. The third-order valence-electron chi connectivity index (χ3n) is 7.02. The van der Waals surface area contributed by atoms with Crippen LogP contribution in [0.4, 0.5) is 11.4 Å². The predicted octanol–water partition coefficient (Wildman–Crippen LogP) is 2.35. The van der Waals surface area contributed by atoms with E-state index in [-0.39, 0.29) is 5.91 Å². The van der Waals surface area contributed by atoms with E-state index in [4.69, 9.17) is 15.5 Å². The van der Waals surface area contributed by atoms with Gasteiger partial charge in [-0.25, -0.2) is 4.99 Å². The number of benzene rings is 1. The lowest BCUT2D eigenvalue weighted by atomic mass is 10.0. The molecule has 11 nitrogen and oxygen atoms in total. The standard InChI is InChI=1S/C27H43N9O2/c1-8-21(25-18(2)24(26(37)29-3)33-36(25)16-13-28)31-27(30-4)32-22-10-9-20(17-23(22)38-7)35-14-11-19(12-15-35)34(5)6/h9-10,17,19H,8,11-16,28H2,1-7H3,(H,29,37)(H,30,32). The van der Waals surface area contributed by atoms with Crippen molar-refractivity contribution >= 4 is 29.0 Å². The molecule has 2 heterocycles. The number of carbonyl (C=O) groups is 1. The number of nitrogens with one attached hydrogen (secondary N) is 2. The van der Waals surface area contributed by atoms with Crippen molar-refractivity contribution in [1.29, 1.82) is 0 Å². The van der Waals surface area contributed by atoms with E-state index >= 15 is 0 Å². The maximum Gasteiger partial charge on any atom is 0.271 e. The van der Waals surface area contributed by atoms with E-state index in [1.54, 1.807) is 25.9 Å². The molecule has 1 aromatic carbocycles. The van der Waals surface area contributed by atoms with E-state index in [1.165, 1.54) is 0 Å². The van der Waals surface area contributed by atoms with Crippen molar-refractivity contribution in [2.75, 3.05) is 65.2 Å². The lowest BCUT2D eigenvalue weighted by Crippen LogP contribution is -2.41. The van der Waals surface area contributed by atoms with Crippen molar-refractivity contribution in [2.45, 2.75) is 45.7 Å². The van der Waals surface area contributed by atoms with E-state index in [0.717, 1.165) is 60.0 Å². The Labute approximate surface area is 226 Å². The number of guanidine groups is 1. The number of piperidine rings is 1. The largest absolute Gasteiger partial charge is 0.494 e. The zero-order chi connectivity index (χ0) is 27.8. The van der Waals surface area contributed by atoms with Crippen LogP contribution in [0.5, 0.6) is 5.75 Å². The van der Waals surface area contributed by atoms with E-state index in [1.807, 2.05) is 19.9 Å². The lowest BCUT2D eigenvalue weighted by molar-refractivity contribution is 0.0956. The van der Waals surface area contributed by atoms with E-state index in [0.29, 0.717) is 37.2 Å². The van der Waals surface area contributed by atoms with Crippen molar-refractivity contribution in [3.63, 3.8) is 0 Å². The number of hydrogen-bond acceptors (Lipinski definition) is 7. The van der Waals surface area contributed by atoms with Crippen LogP contribution < -0.4 is 26.0 Å². The number of aliphatic imine (C=N–C) groups is 2. The third kappa shape index (κ3) is 6.51. The first-order chi connectivity index (χ1) is 18.3. The van der Waals surface area contributed by atoms with Gasteiger partial charge in [0.15, 0.2) is 5.69 Å². The van der Waals surface area contributed by atoms with Gasteiger partial charge in [0.25, 0.3) is 5.91 Å². The molecule has 1 aromatic heterocycles. The van der Waals surface area contributed by atoms with Crippen molar-refractivity contribution in [3.8, 4) is 5.75 Å². The summed E-state index contributed by atoms with van der Waals surface area (Å²) in [5, 5.41) is 10.5. The molecule has 0 spiro atoms. The van der Waals surface area contributed by atoms with Crippen molar-refractivity contribution in [1.82, 2.24) is 20.0 Å². The Hall–Kier alpha value is -3.44. The first kappa shape index (κ1) is 29.1. The van der Waals surface area contributed by atoms with Crippen LogP contribution in [-0.2, 0) is 6.54 Å². The minimum Gasteiger partial charge on any atom is -0.494 e. The number of nitrogens with two attached hydrogens (primary N) is 1. The first-order valence-corrected chi connectivity index (χ1v) is 13.2. The Morgan fingerprint density at radius 3 is 2.55 bits per heavy atom. The summed E-state index contributed by atoms with van der Waals surface area (Å²) in [6.45, 7) is 6.78. The van der Waals surface area contributed by atoms with Gasteiger partial charge in [-0.3, -0.25) is 14.5 Å². The number of anilines is 2. The lowest BCUT2D eigenvalue weighted by Gasteiger charge is -2.36. The molecule has 208 valence electrons. The Morgan fingerprint density at radius 1 is 1.29 bits per heavy atom. The highest BCUT2D eigenvalue weighted by Gasteiger charge is 2.23. The summed E-state index contributed by atoms with van der Waals surface area (Å²) in [4.78, 5) is 26.3. The minimum absolute atomic E-state index is 0.242. The van der Waals surface area contributed by atoms with Crippen LogP contribution in [0.3, 0.4) is 0 Å². The smallest absolute Gasteiger partial charge is 0.271 e. The zero-order valence-electron chi connectivity index (χ0n) is 23.8. The summed E-state index contributed by atoms with van der Waals surface area (Å²) >= 11 is 0. The number of carbonyl (C=O) groups excluding carboxylic acids is 1. The van der Waals surface area contributed by atoms with Gasteiger partial charge in [0, 0.05) is 57.1 Å². The number of nitrogens with zero attached hydrogens (tertiary/aromatic N) is 6. The fraction of sp³-hybridized carbons (Fsp3) is 0.556. The number of amides is 1. The minimum atomic E-state index is -0.242. The molecule has 3 rings (SSSR count). The van der Waals surface area contributed by atoms with Gasteiger partial charge in [-0.05, 0) is 52.4 Å². The fourth-order valence-electron chi connectivity index (χ4n) is 4.84. The highest BCUT2D eigenvalue weighted by atomic mass is 16.5. The molecule has 4 N–H and O–H groups in total. The second kappa shape index (κ2) is 13.4. The normalized spacial score (nSPS) is 15.2. The van der Waals surface area contributed by atoms with Crippen LogP contribution in [0.25, 0.3) is 0 Å². The maximum atomic E-state index is 12.4. The second-order valence-electron chi connectivity index (χ2n) is 9.56. The average Bonchev–Trinajstić information content (AvgIpc) is 3.26. The van der Waals surface area contributed by atoms with Gasteiger partial charge in [0.05, 0.1) is 30.7 Å². The molecular weight excluding hydrogens is 482 g/mol. The highest BCUT2D eigenvalue weighted by molar-refractivity contribution is 6.11. The SMILES string of the molecule is CCC(=NC(=NC)Nc1ccc(N2CCC(N(C)C)CC2)cc1OC)c1c(C)c(C(=O)NC)nn1CCN. The monoisotopic (exact) mass is 525 g/mol. The third-order valence-corrected chi connectivity index (χ3v) is 7.02. The molecule has 1 fully saturated rings. The molecule has 0 saturated carbocycles. The summed E-state index contributed by atoms with van der Waals surface area (Å²) in [7, 11) is 9.25. The van der Waals surface area contributed by atoms with Gasteiger partial charge in [-0.2, -0.15) is 5.10 Å². The molecule has 1 saturated heterocycles. The van der Waals surface area contributed by atoms with Crippen LogP contribution in [-0.4, -0.2) is 93.2 Å². The fourth-order valence-corrected chi connectivity index (χ4v) is 4.84. The number of ether oxygens (including phenoxy) is 1. The summed E-state index contributed by atoms with van der Waals surface area (Å²) in [6, 6.07) is 6.80. The Morgan fingerprint density at radius 2 is 2.00 bits per heavy atom. The topological polar surface area (TPSA) is 125 Å². The number of rotatable bonds is 9. The van der Waals surface area contributed by atoms with E-state index in [2.05, 4.69) is 56.8 Å². The molecule has 0 bridgehead atoms. The van der Waals surface area contributed by atoms with Crippen LogP contribution >= 0.6 is 0 Å². The van der Waals surface area contributed by atoms with Crippen LogP contribution in [0, 0.1) is 6.92 Å². The molecule has 11 heteroatoms. The van der Waals surface area contributed by atoms with Gasteiger partial charge in [0.2, 0.25) is 5.96 Å². The number of aromatic nitrogens is 2. The molecule has 0 unspecified atom stereocenters. The molecule has 0 atom stereocenters. The van der Waals surface area contributed by atoms with Gasteiger partial charge in [0.1, 0.15) is 5.75 Å². The van der Waals surface area contributed by atoms with Crippen molar-refractivity contribution < 1.29 is 9.53 Å². The predicted molar refractivity (Wildman–Crippen MR) is 155 cm³/mol. The molecule has 0 radical (unpaired) electrons. The molecule has 2 aromatic rings. The first-order valence-electron chi connectivity index (χ1n) is 13.2. The Balaban J connectivity index is 1.87. The molecule has 1 aliphatic rings. The van der Waals surface area contributed by atoms with Gasteiger partial charge in [-0.15, -0.1) is 0 Å². The van der Waals surface area contributed by atoms with E-state index in [9.17, 15) is 4.79 Å². The van der Waals surface area contributed by atoms with Gasteiger partial charge < -0.3 is 30.9 Å². The Kier molecular flexibility index (Phi) is 10.3. The number of hydrogen-bond donors (Lipinski definition) is 3. The zero-order valence-corrected chi connectivity index (χ0v) is 23.8. The number of methoxy groups -OCH3 is 1. The van der Waals surface area contributed by atoms with Gasteiger partial charge >= 0.3 is 0 Å². The summed E-state index contributed by atoms with van der Waals surface area (Å²) in [5.74, 6) is 0.909. The van der Waals surface area contributed by atoms with Crippen molar-refractivity contribution in [3.05, 3.63) is 35.2 Å². The molecule has 38 heavy (non-hydrogen) atoms. The Bertz CT molecular complexity index is 1160. The van der Waals surface area contributed by atoms with Crippen LogP contribution in [0.1, 0.15) is 47.9 Å².